The highest BCUT2D eigenvalue weighted by molar-refractivity contribution is 6.32. The molecule has 0 bridgehead atoms. The quantitative estimate of drug-likeness (QED) is 0.626. The predicted molar refractivity (Wildman–Crippen MR) is 84.7 cm³/mol. The van der Waals surface area contributed by atoms with Crippen LogP contribution in [0.5, 0.6) is 5.75 Å². The molecule has 1 N–H and O–H groups in total. The van der Waals surface area contributed by atoms with E-state index in [1.165, 1.54) is 12.0 Å². The summed E-state index contributed by atoms with van der Waals surface area (Å²) >= 11 is 6.15. The predicted octanol–water partition coefficient (Wildman–Crippen LogP) is 4.04. The number of halogens is 1. The number of ether oxygens (including phenoxy) is 2. The summed E-state index contributed by atoms with van der Waals surface area (Å²) in [6, 6.07) is 5.93. The van der Waals surface area contributed by atoms with Crippen LogP contribution in [0.25, 0.3) is 0 Å². The smallest absolute Gasteiger partial charge is 0.137 e. The van der Waals surface area contributed by atoms with Gasteiger partial charge in [0.25, 0.3) is 0 Å². The Bertz CT molecular complexity index is 371. The summed E-state index contributed by atoms with van der Waals surface area (Å²) in [4.78, 5) is 0. The Morgan fingerprint density at radius 2 is 1.95 bits per heavy atom. The van der Waals surface area contributed by atoms with Crippen molar-refractivity contribution in [2.24, 2.45) is 0 Å². The van der Waals surface area contributed by atoms with E-state index in [1.54, 1.807) is 0 Å². The third-order valence-electron chi connectivity index (χ3n) is 2.91. The van der Waals surface area contributed by atoms with Crippen molar-refractivity contribution in [3.63, 3.8) is 0 Å². The van der Waals surface area contributed by atoms with Gasteiger partial charge < -0.3 is 14.8 Å². The average molecular weight is 300 g/mol. The second-order valence-corrected chi connectivity index (χ2v) is 5.10. The average Bonchev–Trinajstić information content (AvgIpc) is 2.45. The minimum absolute atomic E-state index is 0.634. The van der Waals surface area contributed by atoms with Gasteiger partial charge >= 0.3 is 0 Å². The highest BCUT2D eigenvalue weighted by Gasteiger charge is 2.02. The Labute approximate surface area is 127 Å². The fourth-order valence-corrected chi connectivity index (χ4v) is 2.06. The zero-order chi connectivity index (χ0) is 14.6. The molecule has 1 aromatic rings. The van der Waals surface area contributed by atoms with Crippen molar-refractivity contribution in [1.82, 2.24) is 5.32 Å². The van der Waals surface area contributed by atoms with Gasteiger partial charge in [-0.1, -0.05) is 31.0 Å². The van der Waals surface area contributed by atoms with E-state index in [1.807, 2.05) is 25.1 Å². The second-order valence-electron chi connectivity index (χ2n) is 4.69. The van der Waals surface area contributed by atoms with Crippen molar-refractivity contribution in [3.05, 3.63) is 28.8 Å². The van der Waals surface area contributed by atoms with Crippen LogP contribution in [0, 0.1) is 0 Å². The first-order chi connectivity index (χ1) is 9.77. The van der Waals surface area contributed by atoms with E-state index in [9.17, 15) is 0 Å². The van der Waals surface area contributed by atoms with Crippen molar-refractivity contribution in [1.29, 1.82) is 0 Å². The van der Waals surface area contributed by atoms with Crippen molar-refractivity contribution in [2.75, 3.05) is 26.4 Å². The van der Waals surface area contributed by atoms with Crippen LogP contribution in [0.15, 0.2) is 18.2 Å². The molecule has 0 spiro atoms. The highest BCUT2D eigenvalue weighted by atomic mass is 35.5. The zero-order valence-corrected chi connectivity index (χ0v) is 13.3. The van der Waals surface area contributed by atoms with E-state index in [-0.39, 0.29) is 0 Å². The molecule has 0 unspecified atom stereocenters. The monoisotopic (exact) mass is 299 g/mol. The molecule has 20 heavy (non-hydrogen) atoms. The third kappa shape index (κ3) is 7.13. The molecule has 0 aliphatic rings. The Hall–Kier alpha value is -0.770. The van der Waals surface area contributed by atoms with Crippen LogP contribution < -0.4 is 10.1 Å². The summed E-state index contributed by atoms with van der Waals surface area (Å²) < 4.78 is 10.9. The summed E-state index contributed by atoms with van der Waals surface area (Å²) in [5, 5.41) is 4.07. The largest absolute Gasteiger partial charge is 0.492 e. The first kappa shape index (κ1) is 17.3. The molecule has 1 aromatic carbocycles. The van der Waals surface area contributed by atoms with Gasteiger partial charge in [0.15, 0.2) is 0 Å². The number of unbranched alkanes of at least 4 members (excludes halogenated alkanes) is 1. The number of hydrogen-bond donors (Lipinski definition) is 1. The Kier molecular flexibility index (Phi) is 9.46. The number of benzene rings is 1. The summed E-state index contributed by atoms with van der Waals surface area (Å²) in [6.45, 7) is 8.25. The first-order valence-electron chi connectivity index (χ1n) is 7.47. The molecule has 0 saturated carbocycles. The van der Waals surface area contributed by atoms with Gasteiger partial charge in [0.1, 0.15) is 5.75 Å². The van der Waals surface area contributed by atoms with Crippen LogP contribution in [0.4, 0.5) is 0 Å². The molecule has 0 atom stereocenters. The van der Waals surface area contributed by atoms with E-state index in [0.29, 0.717) is 11.6 Å². The summed E-state index contributed by atoms with van der Waals surface area (Å²) in [7, 11) is 0. The zero-order valence-electron chi connectivity index (χ0n) is 12.6. The molecular weight excluding hydrogens is 274 g/mol. The Morgan fingerprint density at radius 1 is 1.15 bits per heavy atom. The molecule has 114 valence electrons. The van der Waals surface area contributed by atoms with E-state index in [2.05, 4.69) is 12.2 Å². The van der Waals surface area contributed by atoms with Crippen LogP contribution >= 0.6 is 11.6 Å². The van der Waals surface area contributed by atoms with Gasteiger partial charge in [-0.25, -0.2) is 0 Å². The van der Waals surface area contributed by atoms with Gasteiger partial charge in [-0.3, -0.25) is 0 Å². The standard InChI is InChI=1S/C16H26ClNO2/c1-3-5-10-19-11-6-9-18-13-14-7-8-16(20-4-2)15(17)12-14/h7-8,12,18H,3-6,9-11,13H2,1-2H3. The molecule has 3 nitrogen and oxygen atoms in total. The van der Waals surface area contributed by atoms with Crippen LogP contribution in [-0.4, -0.2) is 26.4 Å². The lowest BCUT2D eigenvalue weighted by Crippen LogP contribution is -2.16. The summed E-state index contributed by atoms with van der Waals surface area (Å²) in [5.41, 5.74) is 1.17. The van der Waals surface area contributed by atoms with Crippen molar-refractivity contribution in [3.8, 4) is 5.75 Å². The molecule has 0 saturated heterocycles. The number of hydrogen-bond acceptors (Lipinski definition) is 3. The minimum atomic E-state index is 0.634. The molecule has 0 heterocycles. The van der Waals surface area contributed by atoms with Crippen LogP contribution in [0.1, 0.15) is 38.7 Å². The fraction of sp³-hybridized carbons (Fsp3) is 0.625. The summed E-state index contributed by atoms with van der Waals surface area (Å²) in [5.74, 6) is 0.752. The van der Waals surface area contributed by atoms with Crippen LogP contribution in [0.2, 0.25) is 5.02 Å². The van der Waals surface area contributed by atoms with Crippen LogP contribution in [-0.2, 0) is 11.3 Å². The molecule has 0 aliphatic carbocycles. The first-order valence-corrected chi connectivity index (χ1v) is 7.85. The van der Waals surface area contributed by atoms with Crippen molar-refractivity contribution < 1.29 is 9.47 Å². The molecule has 1 rings (SSSR count). The van der Waals surface area contributed by atoms with Crippen LogP contribution in [0.3, 0.4) is 0 Å². The molecule has 0 aliphatic heterocycles. The maximum atomic E-state index is 6.15. The lowest BCUT2D eigenvalue weighted by Gasteiger charge is -2.09. The van der Waals surface area contributed by atoms with E-state index >= 15 is 0 Å². The van der Waals surface area contributed by atoms with Gasteiger partial charge in [-0.15, -0.1) is 0 Å². The van der Waals surface area contributed by atoms with Gasteiger partial charge in [-0.2, -0.15) is 0 Å². The third-order valence-corrected chi connectivity index (χ3v) is 3.21. The molecule has 0 amide bonds. The number of rotatable bonds is 11. The lowest BCUT2D eigenvalue weighted by atomic mass is 10.2. The van der Waals surface area contributed by atoms with E-state index in [0.717, 1.165) is 44.9 Å². The Morgan fingerprint density at radius 3 is 2.65 bits per heavy atom. The normalized spacial score (nSPS) is 10.8. The SMILES string of the molecule is CCCCOCCCNCc1ccc(OCC)c(Cl)c1. The maximum Gasteiger partial charge on any atom is 0.137 e. The van der Waals surface area contributed by atoms with E-state index < -0.39 is 0 Å². The number of nitrogens with one attached hydrogen (secondary N) is 1. The molecule has 4 heteroatoms. The molecule has 0 fully saturated rings. The van der Waals surface area contributed by atoms with Gasteiger partial charge in [-0.05, 0) is 44.0 Å². The Balaban J connectivity index is 2.14. The summed E-state index contributed by atoms with van der Waals surface area (Å²) in [6.07, 6.45) is 3.38. The van der Waals surface area contributed by atoms with Crippen molar-refractivity contribution in [2.45, 2.75) is 39.7 Å². The van der Waals surface area contributed by atoms with Gasteiger partial charge in [0, 0.05) is 19.8 Å². The molecule has 0 radical (unpaired) electrons. The molecule has 0 aromatic heterocycles. The highest BCUT2D eigenvalue weighted by Crippen LogP contribution is 2.25. The second kappa shape index (κ2) is 11.0. The molecular formula is C16H26ClNO2. The van der Waals surface area contributed by atoms with E-state index in [4.69, 9.17) is 21.1 Å². The lowest BCUT2D eigenvalue weighted by molar-refractivity contribution is 0.129. The van der Waals surface area contributed by atoms with Gasteiger partial charge in [0.05, 0.1) is 11.6 Å². The topological polar surface area (TPSA) is 30.5 Å². The fourth-order valence-electron chi connectivity index (χ4n) is 1.81. The maximum absolute atomic E-state index is 6.15. The minimum Gasteiger partial charge on any atom is -0.492 e. The van der Waals surface area contributed by atoms with Crippen molar-refractivity contribution >= 4 is 11.6 Å². The van der Waals surface area contributed by atoms with Gasteiger partial charge in [0.2, 0.25) is 0 Å².